The van der Waals surface area contributed by atoms with Crippen LogP contribution < -0.4 is 0 Å². The Morgan fingerprint density at radius 1 is 0.750 bits per heavy atom. The van der Waals surface area contributed by atoms with Crippen LogP contribution in [-0.4, -0.2) is 89.7 Å². The number of hydrogen-bond donors (Lipinski definition) is 0. The molecule has 3 aliphatic heterocycles. The molecule has 0 bridgehead atoms. The van der Waals surface area contributed by atoms with Gasteiger partial charge in [-0.2, -0.15) is 0 Å². The Labute approximate surface area is 191 Å². The monoisotopic (exact) mass is 440 g/mol. The maximum atomic E-state index is 13.6. The van der Waals surface area contributed by atoms with Crippen molar-refractivity contribution in [2.24, 2.45) is 0 Å². The summed E-state index contributed by atoms with van der Waals surface area (Å²) >= 11 is 0. The van der Waals surface area contributed by atoms with Gasteiger partial charge in [0.05, 0.1) is 6.54 Å². The SMILES string of the molecule is O=C(CN1CCN(C(=O)C(c2ccccc2)N2CCCCC2=O)CC1)N1CCCCCC1. The molecule has 0 spiro atoms. The fraction of sp³-hybridized carbons (Fsp3) is 0.640. The molecule has 0 aliphatic carbocycles. The van der Waals surface area contributed by atoms with Gasteiger partial charge in [-0.25, -0.2) is 0 Å². The molecule has 3 fully saturated rings. The molecule has 32 heavy (non-hydrogen) atoms. The molecule has 3 saturated heterocycles. The minimum atomic E-state index is -0.547. The number of benzene rings is 1. The summed E-state index contributed by atoms with van der Waals surface area (Å²) in [7, 11) is 0. The first-order chi connectivity index (χ1) is 15.6. The van der Waals surface area contributed by atoms with Crippen LogP contribution in [0.5, 0.6) is 0 Å². The van der Waals surface area contributed by atoms with Gasteiger partial charge in [-0.05, 0) is 31.2 Å². The Hall–Kier alpha value is -2.41. The van der Waals surface area contributed by atoms with Crippen molar-refractivity contribution < 1.29 is 14.4 Å². The van der Waals surface area contributed by atoms with Crippen LogP contribution in [0.1, 0.15) is 56.6 Å². The third-order valence-electron chi connectivity index (χ3n) is 7.02. The number of likely N-dealkylation sites (tertiary alicyclic amines) is 2. The van der Waals surface area contributed by atoms with E-state index in [1.807, 2.05) is 40.1 Å². The second-order valence-corrected chi connectivity index (χ2v) is 9.25. The number of piperazine rings is 1. The van der Waals surface area contributed by atoms with E-state index in [1.54, 1.807) is 4.90 Å². The number of piperidine rings is 1. The molecule has 7 heteroatoms. The molecule has 4 rings (SSSR count). The zero-order chi connectivity index (χ0) is 22.3. The van der Waals surface area contributed by atoms with Crippen molar-refractivity contribution in [2.45, 2.75) is 51.0 Å². The minimum absolute atomic E-state index is 0.00458. The molecule has 0 aromatic heterocycles. The molecule has 174 valence electrons. The molecule has 3 amide bonds. The van der Waals surface area contributed by atoms with Crippen LogP contribution in [0, 0.1) is 0 Å². The third-order valence-corrected chi connectivity index (χ3v) is 7.02. The summed E-state index contributed by atoms with van der Waals surface area (Å²) in [6.45, 7) is 5.40. The van der Waals surface area contributed by atoms with Gasteiger partial charge in [-0.15, -0.1) is 0 Å². The van der Waals surface area contributed by atoms with Crippen molar-refractivity contribution >= 4 is 17.7 Å². The van der Waals surface area contributed by atoms with E-state index in [0.717, 1.165) is 44.3 Å². The highest BCUT2D eigenvalue weighted by Crippen LogP contribution is 2.28. The maximum Gasteiger partial charge on any atom is 0.250 e. The third kappa shape index (κ3) is 5.49. The molecule has 1 aromatic carbocycles. The number of nitrogens with zero attached hydrogens (tertiary/aromatic N) is 4. The van der Waals surface area contributed by atoms with Crippen LogP contribution in [-0.2, 0) is 14.4 Å². The first-order valence-electron chi connectivity index (χ1n) is 12.3. The lowest BCUT2D eigenvalue weighted by molar-refractivity contribution is -0.149. The van der Waals surface area contributed by atoms with E-state index in [2.05, 4.69) is 4.90 Å². The second kappa shape index (κ2) is 10.9. The molecule has 1 unspecified atom stereocenters. The van der Waals surface area contributed by atoms with Gasteiger partial charge in [0.15, 0.2) is 0 Å². The van der Waals surface area contributed by atoms with Gasteiger partial charge >= 0.3 is 0 Å². The predicted octanol–water partition coefficient (Wildman–Crippen LogP) is 2.29. The topological polar surface area (TPSA) is 64.2 Å². The van der Waals surface area contributed by atoms with Crippen molar-refractivity contribution in [2.75, 3.05) is 52.4 Å². The number of amides is 3. The fourth-order valence-corrected chi connectivity index (χ4v) is 5.10. The lowest BCUT2D eigenvalue weighted by Gasteiger charge is -2.40. The first kappa shape index (κ1) is 22.8. The Morgan fingerprint density at radius 2 is 1.41 bits per heavy atom. The molecule has 0 N–H and O–H groups in total. The van der Waals surface area contributed by atoms with Crippen LogP contribution in [0.25, 0.3) is 0 Å². The molecular weight excluding hydrogens is 404 g/mol. The minimum Gasteiger partial charge on any atom is -0.342 e. The van der Waals surface area contributed by atoms with Crippen LogP contribution in [0.15, 0.2) is 30.3 Å². The Morgan fingerprint density at radius 3 is 2.06 bits per heavy atom. The molecule has 1 aromatic rings. The van der Waals surface area contributed by atoms with Crippen LogP contribution in [0.4, 0.5) is 0 Å². The van der Waals surface area contributed by atoms with Gasteiger partial charge in [-0.3, -0.25) is 19.3 Å². The molecule has 1 atom stereocenters. The van der Waals surface area contributed by atoms with Gasteiger partial charge < -0.3 is 14.7 Å². The van der Waals surface area contributed by atoms with Gasteiger partial charge in [0, 0.05) is 52.2 Å². The van der Waals surface area contributed by atoms with Crippen molar-refractivity contribution in [3.05, 3.63) is 35.9 Å². The van der Waals surface area contributed by atoms with Gasteiger partial charge in [-0.1, -0.05) is 43.2 Å². The summed E-state index contributed by atoms with van der Waals surface area (Å²) in [5, 5.41) is 0. The van der Waals surface area contributed by atoms with Gasteiger partial charge in [0.25, 0.3) is 0 Å². The van der Waals surface area contributed by atoms with E-state index in [4.69, 9.17) is 0 Å². The average Bonchev–Trinajstić information content (AvgIpc) is 3.11. The standard InChI is InChI=1S/C25H36N4O3/c30-22-12-6-9-15-29(22)24(21-10-4-3-5-11-21)25(32)28-18-16-26(17-19-28)20-23(31)27-13-7-1-2-8-14-27/h3-5,10-11,24H,1-2,6-9,12-20H2. The summed E-state index contributed by atoms with van der Waals surface area (Å²) < 4.78 is 0. The smallest absolute Gasteiger partial charge is 0.250 e. The van der Waals surface area contributed by atoms with Crippen LogP contribution in [0.2, 0.25) is 0 Å². The van der Waals surface area contributed by atoms with Crippen molar-refractivity contribution in [3.63, 3.8) is 0 Å². The van der Waals surface area contributed by atoms with Crippen LogP contribution >= 0.6 is 0 Å². The number of carbonyl (C=O) groups excluding carboxylic acids is 3. The highest BCUT2D eigenvalue weighted by molar-refractivity contribution is 5.89. The van der Waals surface area contributed by atoms with Gasteiger partial charge in [0.2, 0.25) is 17.7 Å². The predicted molar refractivity (Wildman–Crippen MR) is 123 cm³/mol. The lowest BCUT2D eigenvalue weighted by atomic mass is 9.99. The van der Waals surface area contributed by atoms with E-state index in [9.17, 15) is 14.4 Å². The summed E-state index contributed by atoms with van der Waals surface area (Å²) in [6.07, 6.45) is 6.99. The van der Waals surface area contributed by atoms with Gasteiger partial charge in [0.1, 0.15) is 6.04 Å². The summed E-state index contributed by atoms with van der Waals surface area (Å²) in [6, 6.07) is 9.13. The highest BCUT2D eigenvalue weighted by atomic mass is 16.2. The zero-order valence-electron chi connectivity index (χ0n) is 19.1. The summed E-state index contributed by atoms with van der Waals surface area (Å²) in [5.74, 6) is 0.290. The summed E-state index contributed by atoms with van der Waals surface area (Å²) in [5.41, 5.74) is 0.881. The molecular formula is C25H36N4O3. The maximum absolute atomic E-state index is 13.6. The fourth-order valence-electron chi connectivity index (χ4n) is 5.10. The molecule has 0 radical (unpaired) electrons. The molecule has 3 aliphatic rings. The zero-order valence-corrected chi connectivity index (χ0v) is 19.1. The number of rotatable bonds is 5. The molecule has 3 heterocycles. The Balaban J connectivity index is 1.37. The van der Waals surface area contributed by atoms with Crippen molar-refractivity contribution in [3.8, 4) is 0 Å². The highest BCUT2D eigenvalue weighted by Gasteiger charge is 2.36. The first-order valence-corrected chi connectivity index (χ1v) is 12.3. The number of carbonyl (C=O) groups is 3. The average molecular weight is 441 g/mol. The van der Waals surface area contributed by atoms with E-state index in [1.165, 1.54) is 12.8 Å². The van der Waals surface area contributed by atoms with E-state index < -0.39 is 6.04 Å². The van der Waals surface area contributed by atoms with E-state index >= 15 is 0 Å². The van der Waals surface area contributed by atoms with Crippen LogP contribution in [0.3, 0.4) is 0 Å². The van der Waals surface area contributed by atoms with E-state index in [-0.39, 0.29) is 17.7 Å². The quantitative estimate of drug-likeness (QED) is 0.705. The van der Waals surface area contributed by atoms with E-state index in [0.29, 0.717) is 45.7 Å². The lowest BCUT2D eigenvalue weighted by Crippen LogP contribution is -2.54. The Kier molecular flexibility index (Phi) is 7.79. The molecule has 7 nitrogen and oxygen atoms in total. The largest absolute Gasteiger partial charge is 0.342 e. The Bertz CT molecular complexity index is 784. The van der Waals surface area contributed by atoms with Crippen molar-refractivity contribution in [1.82, 2.24) is 19.6 Å². The van der Waals surface area contributed by atoms with Crippen molar-refractivity contribution in [1.29, 1.82) is 0 Å². The number of hydrogen-bond acceptors (Lipinski definition) is 4. The summed E-state index contributed by atoms with van der Waals surface area (Å²) in [4.78, 5) is 46.8. The molecule has 0 saturated carbocycles. The normalized spacial score (nSPS) is 21.9. The second-order valence-electron chi connectivity index (χ2n) is 9.25.